The van der Waals surface area contributed by atoms with Crippen LogP contribution in [0.5, 0.6) is 0 Å². The van der Waals surface area contributed by atoms with E-state index in [0.29, 0.717) is 6.54 Å². The highest BCUT2D eigenvalue weighted by Crippen LogP contribution is 2.18. The van der Waals surface area contributed by atoms with E-state index in [2.05, 4.69) is 17.4 Å². The number of benzene rings is 1. The Morgan fingerprint density at radius 2 is 2.00 bits per heavy atom. The summed E-state index contributed by atoms with van der Waals surface area (Å²) in [6.07, 6.45) is 0. The second kappa shape index (κ2) is 5.71. The molecule has 0 saturated heterocycles. The smallest absolute Gasteiger partial charge is 0.308 e. The molecule has 1 unspecified atom stereocenters. The fraction of sp³-hybridized carbons (Fsp3) is 0.500. The van der Waals surface area contributed by atoms with Gasteiger partial charge in [0.2, 0.25) is 0 Å². The highest BCUT2D eigenvalue weighted by atomic mass is 16.4. The summed E-state index contributed by atoms with van der Waals surface area (Å²) in [5.41, 5.74) is 3.34. The summed E-state index contributed by atoms with van der Waals surface area (Å²) in [4.78, 5) is 11.1. The molecule has 0 aromatic heterocycles. The fourth-order valence-corrected chi connectivity index (χ4v) is 1.75. The molecule has 3 heteroatoms. The molecular weight excluding hydrogens is 214 g/mol. The molecule has 0 spiro atoms. The maximum atomic E-state index is 11.1. The highest BCUT2D eigenvalue weighted by molar-refractivity contribution is 5.71. The number of carboxylic acids is 1. The third-order valence-corrected chi connectivity index (χ3v) is 3.03. The Hall–Kier alpha value is -1.51. The van der Waals surface area contributed by atoms with Crippen LogP contribution in [0.4, 0.5) is 5.69 Å². The van der Waals surface area contributed by atoms with Gasteiger partial charge in [-0.05, 0) is 37.0 Å². The molecule has 1 rings (SSSR count). The lowest BCUT2D eigenvalue weighted by atomic mass is 9.96. The molecule has 94 valence electrons. The molecule has 0 saturated carbocycles. The van der Waals surface area contributed by atoms with Crippen molar-refractivity contribution in [2.24, 2.45) is 11.8 Å². The predicted octanol–water partition coefficient (Wildman–Crippen LogP) is 3.07. The van der Waals surface area contributed by atoms with E-state index in [-0.39, 0.29) is 11.8 Å². The van der Waals surface area contributed by atoms with Gasteiger partial charge in [0.1, 0.15) is 0 Å². The highest BCUT2D eigenvalue weighted by Gasteiger charge is 2.21. The zero-order valence-corrected chi connectivity index (χ0v) is 10.9. The monoisotopic (exact) mass is 235 g/mol. The Balaban J connectivity index is 2.72. The molecule has 0 fully saturated rings. The van der Waals surface area contributed by atoms with Gasteiger partial charge in [-0.1, -0.05) is 26.0 Å². The van der Waals surface area contributed by atoms with Crippen molar-refractivity contribution in [3.8, 4) is 0 Å². The second-order valence-electron chi connectivity index (χ2n) is 4.89. The number of hydrogen-bond acceptors (Lipinski definition) is 2. The molecule has 3 nitrogen and oxygen atoms in total. The molecular formula is C14H21NO2. The van der Waals surface area contributed by atoms with Crippen molar-refractivity contribution in [3.05, 3.63) is 29.3 Å². The first kappa shape index (κ1) is 13.6. The Labute approximate surface area is 103 Å². The molecule has 0 aliphatic heterocycles. The second-order valence-corrected chi connectivity index (χ2v) is 4.89. The van der Waals surface area contributed by atoms with Gasteiger partial charge in [-0.3, -0.25) is 4.79 Å². The lowest BCUT2D eigenvalue weighted by molar-refractivity contribution is -0.142. The Morgan fingerprint density at radius 3 is 2.53 bits per heavy atom. The zero-order chi connectivity index (χ0) is 13.0. The van der Waals surface area contributed by atoms with Crippen LogP contribution in [0.25, 0.3) is 0 Å². The number of aliphatic carboxylic acids is 1. The van der Waals surface area contributed by atoms with E-state index in [9.17, 15) is 4.79 Å². The molecule has 1 aromatic carbocycles. The van der Waals surface area contributed by atoms with Crippen LogP contribution in [0.1, 0.15) is 25.0 Å². The molecule has 0 bridgehead atoms. The van der Waals surface area contributed by atoms with Crippen LogP contribution in [0, 0.1) is 25.7 Å². The van der Waals surface area contributed by atoms with Crippen molar-refractivity contribution in [2.75, 3.05) is 11.9 Å². The first-order chi connectivity index (χ1) is 7.91. The summed E-state index contributed by atoms with van der Waals surface area (Å²) in [7, 11) is 0. The normalized spacial score (nSPS) is 12.5. The van der Waals surface area contributed by atoms with E-state index in [0.717, 1.165) is 11.3 Å². The SMILES string of the molecule is Cc1ccc(C)c(NCC(C(=O)O)C(C)C)c1. The number of hydrogen-bond donors (Lipinski definition) is 2. The van der Waals surface area contributed by atoms with Gasteiger partial charge >= 0.3 is 5.97 Å². The summed E-state index contributed by atoms with van der Waals surface area (Å²) >= 11 is 0. The Morgan fingerprint density at radius 1 is 1.35 bits per heavy atom. The standard InChI is InChI=1S/C14H21NO2/c1-9(2)12(14(16)17)8-15-13-7-10(3)5-6-11(13)4/h5-7,9,12,15H,8H2,1-4H3,(H,16,17). The van der Waals surface area contributed by atoms with Gasteiger partial charge in [0, 0.05) is 12.2 Å². The van der Waals surface area contributed by atoms with Crippen molar-refractivity contribution < 1.29 is 9.90 Å². The molecule has 0 radical (unpaired) electrons. The Bertz CT molecular complexity index is 399. The van der Waals surface area contributed by atoms with E-state index in [1.165, 1.54) is 5.56 Å². The lowest BCUT2D eigenvalue weighted by Gasteiger charge is -2.18. The van der Waals surface area contributed by atoms with Crippen molar-refractivity contribution in [3.63, 3.8) is 0 Å². The van der Waals surface area contributed by atoms with Crippen molar-refractivity contribution in [1.29, 1.82) is 0 Å². The molecule has 0 amide bonds. The van der Waals surface area contributed by atoms with Gasteiger partial charge in [-0.25, -0.2) is 0 Å². The molecule has 2 N–H and O–H groups in total. The molecule has 1 aromatic rings. The van der Waals surface area contributed by atoms with Crippen molar-refractivity contribution in [1.82, 2.24) is 0 Å². The van der Waals surface area contributed by atoms with Gasteiger partial charge in [0.05, 0.1) is 5.92 Å². The zero-order valence-electron chi connectivity index (χ0n) is 10.9. The van der Waals surface area contributed by atoms with Crippen LogP contribution < -0.4 is 5.32 Å². The van der Waals surface area contributed by atoms with E-state index >= 15 is 0 Å². The summed E-state index contributed by atoms with van der Waals surface area (Å²) in [6, 6.07) is 6.15. The van der Waals surface area contributed by atoms with Crippen LogP contribution in [-0.2, 0) is 4.79 Å². The van der Waals surface area contributed by atoms with E-state index in [1.807, 2.05) is 33.8 Å². The van der Waals surface area contributed by atoms with Gasteiger partial charge in [-0.2, -0.15) is 0 Å². The largest absolute Gasteiger partial charge is 0.481 e. The number of nitrogens with one attached hydrogen (secondary N) is 1. The number of aryl methyl sites for hydroxylation is 2. The van der Waals surface area contributed by atoms with Crippen molar-refractivity contribution >= 4 is 11.7 Å². The first-order valence-electron chi connectivity index (χ1n) is 5.95. The van der Waals surface area contributed by atoms with Gasteiger partial charge in [0.15, 0.2) is 0 Å². The number of carbonyl (C=O) groups is 1. The summed E-state index contributed by atoms with van der Waals surface area (Å²) in [5.74, 6) is -0.960. The Kier molecular flexibility index (Phi) is 4.55. The van der Waals surface area contributed by atoms with Crippen molar-refractivity contribution in [2.45, 2.75) is 27.7 Å². The van der Waals surface area contributed by atoms with Crippen LogP contribution in [0.3, 0.4) is 0 Å². The molecule has 0 heterocycles. The maximum Gasteiger partial charge on any atom is 0.308 e. The third-order valence-electron chi connectivity index (χ3n) is 3.03. The minimum Gasteiger partial charge on any atom is -0.481 e. The predicted molar refractivity (Wildman–Crippen MR) is 70.4 cm³/mol. The number of rotatable bonds is 5. The van der Waals surface area contributed by atoms with E-state index in [4.69, 9.17) is 5.11 Å². The quantitative estimate of drug-likeness (QED) is 0.824. The average molecular weight is 235 g/mol. The van der Waals surface area contributed by atoms with Crippen LogP contribution in [0.2, 0.25) is 0 Å². The fourth-order valence-electron chi connectivity index (χ4n) is 1.75. The van der Waals surface area contributed by atoms with Gasteiger partial charge < -0.3 is 10.4 Å². The average Bonchev–Trinajstić information content (AvgIpc) is 2.22. The number of carboxylic acid groups (broad SMARTS) is 1. The third kappa shape index (κ3) is 3.77. The molecule has 0 aliphatic rings. The maximum absolute atomic E-state index is 11.1. The first-order valence-corrected chi connectivity index (χ1v) is 5.95. The molecule has 0 aliphatic carbocycles. The molecule has 1 atom stereocenters. The number of anilines is 1. The van der Waals surface area contributed by atoms with E-state index < -0.39 is 5.97 Å². The topological polar surface area (TPSA) is 49.3 Å². The summed E-state index contributed by atoms with van der Waals surface area (Å²) in [6.45, 7) is 8.39. The minimum atomic E-state index is -0.738. The summed E-state index contributed by atoms with van der Waals surface area (Å²) in [5, 5.41) is 12.3. The van der Waals surface area contributed by atoms with Crippen LogP contribution in [-0.4, -0.2) is 17.6 Å². The summed E-state index contributed by atoms with van der Waals surface area (Å²) < 4.78 is 0. The van der Waals surface area contributed by atoms with Crippen LogP contribution >= 0.6 is 0 Å². The van der Waals surface area contributed by atoms with Crippen LogP contribution in [0.15, 0.2) is 18.2 Å². The molecule has 17 heavy (non-hydrogen) atoms. The van der Waals surface area contributed by atoms with Gasteiger partial charge in [-0.15, -0.1) is 0 Å². The minimum absolute atomic E-state index is 0.130. The van der Waals surface area contributed by atoms with E-state index in [1.54, 1.807) is 0 Å². The lowest BCUT2D eigenvalue weighted by Crippen LogP contribution is -2.27. The van der Waals surface area contributed by atoms with Gasteiger partial charge in [0.25, 0.3) is 0 Å².